The fourth-order valence-electron chi connectivity index (χ4n) is 1.78. The van der Waals surface area contributed by atoms with Crippen molar-refractivity contribution in [2.45, 2.75) is 6.04 Å². The van der Waals surface area contributed by atoms with E-state index in [0.29, 0.717) is 31.2 Å². The van der Waals surface area contributed by atoms with E-state index in [0.717, 1.165) is 0 Å². The summed E-state index contributed by atoms with van der Waals surface area (Å²) in [7, 11) is 0. The van der Waals surface area contributed by atoms with E-state index in [1.807, 2.05) is 0 Å². The fourth-order valence-corrected chi connectivity index (χ4v) is 1.78. The van der Waals surface area contributed by atoms with Crippen LogP contribution in [0.2, 0.25) is 0 Å². The lowest BCUT2D eigenvalue weighted by atomic mass is 10.2. The summed E-state index contributed by atoms with van der Waals surface area (Å²) in [4.78, 5) is 22.6. The molecule has 0 radical (unpaired) electrons. The zero-order valence-corrected chi connectivity index (χ0v) is 12.2. The zero-order valence-electron chi connectivity index (χ0n) is 11.3. The fraction of sp³-hybridized carbons (Fsp3) is 0.385. The Morgan fingerprint density at radius 2 is 2.29 bits per heavy atom. The molecule has 21 heavy (non-hydrogen) atoms. The number of amides is 2. The molecule has 1 aliphatic heterocycles. The van der Waals surface area contributed by atoms with Crippen molar-refractivity contribution in [3.8, 4) is 5.75 Å². The predicted octanol–water partition coefficient (Wildman–Crippen LogP) is -0.101. The monoisotopic (exact) mass is 315 g/mol. The van der Waals surface area contributed by atoms with Crippen LogP contribution in [0.3, 0.4) is 0 Å². The summed E-state index contributed by atoms with van der Waals surface area (Å²) in [5.74, 6) is -0.255. The number of nitrogens with two attached hydrogens (primary N) is 1. The van der Waals surface area contributed by atoms with E-state index < -0.39 is 5.91 Å². The van der Waals surface area contributed by atoms with Gasteiger partial charge in [-0.05, 0) is 12.1 Å². The summed E-state index contributed by atoms with van der Waals surface area (Å²) in [5.41, 5.74) is 5.59. The van der Waals surface area contributed by atoms with Crippen molar-refractivity contribution in [2.24, 2.45) is 5.73 Å². The van der Waals surface area contributed by atoms with Crippen LogP contribution in [0.25, 0.3) is 0 Å². The lowest BCUT2D eigenvalue weighted by Crippen LogP contribution is -2.48. The second kappa shape index (κ2) is 8.46. The molecule has 0 bridgehead atoms. The summed E-state index contributed by atoms with van der Waals surface area (Å²) < 4.78 is 10.4. The molecule has 2 rings (SSSR count). The minimum absolute atomic E-state index is 0. The standard InChI is InChI=1S/C13H17N3O4.ClH/c14-12(17)8-20-10-3-1-2-9(6-10)16-13(18)11-7-19-5-4-15-11;/h1-3,6,11,15H,4-5,7-8H2,(H2,14,17)(H,16,18);1H. The molecule has 0 aliphatic carbocycles. The van der Waals surface area contributed by atoms with Crippen molar-refractivity contribution in [2.75, 3.05) is 31.7 Å². The van der Waals surface area contributed by atoms with Crippen LogP contribution in [-0.2, 0) is 14.3 Å². The highest BCUT2D eigenvalue weighted by molar-refractivity contribution is 5.95. The van der Waals surface area contributed by atoms with Crippen molar-refractivity contribution in [3.05, 3.63) is 24.3 Å². The maximum Gasteiger partial charge on any atom is 0.255 e. The normalized spacial score (nSPS) is 17.4. The molecule has 0 spiro atoms. The molecule has 1 atom stereocenters. The third kappa shape index (κ3) is 5.58. The minimum Gasteiger partial charge on any atom is -0.484 e. The maximum atomic E-state index is 12.0. The van der Waals surface area contributed by atoms with Gasteiger partial charge in [0.25, 0.3) is 5.91 Å². The summed E-state index contributed by atoms with van der Waals surface area (Å²) in [6, 6.07) is 6.40. The lowest BCUT2D eigenvalue weighted by molar-refractivity contribution is -0.121. The number of hydrogen-bond donors (Lipinski definition) is 3. The van der Waals surface area contributed by atoms with E-state index in [2.05, 4.69) is 10.6 Å². The summed E-state index contributed by atoms with van der Waals surface area (Å²) in [5, 5.41) is 5.83. The van der Waals surface area contributed by atoms with Crippen LogP contribution in [-0.4, -0.2) is 44.2 Å². The number of morpholine rings is 1. The summed E-state index contributed by atoms with van der Waals surface area (Å²) in [6.45, 7) is 1.42. The molecule has 116 valence electrons. The van der Waals surface area contributed by atoms with Crippen LogP contribution >= 0.6 is 12.4 Å². The number of halogens is 1. The highest BCUT2D eigenvalue weighted by Gasteiger charge is 2.21. The third-order valence-electron chi connectivity index (χ3n) is 2.72. The first-order valence-corrected chi connectivity index (χ1v) is 6.28. The minimum atomic E-state index is -0.553. The Morgan fingerprint density at radius 1 is 1.48 bits per heavy atom. The molecule has 8 heteroatoms. The van der Waals surface area contributed by atoms with E-state index in [-0.39, 0.29) is 31.0 Å². The van der Waals surface area contributed by atoms with Gasteiger partial charge in [-0.15, -0.1) is 12.4 Å². The van der Waals surface area contributed by atoms with Crippen LogP contribution in [0.4, 0.5) is 5.69 Å². The van der Waals surface area contributed by atoms with Gasteiger partial charge in [0.2, 0.25) is 5.91 Å². The highest BCUT2D eigenvalue weighted by atomic mass is 35.5. The number of ether oxygens (including phenoxy) is 2. The van der Waals surface area contributed by atoms with Gasteiger partial charge in [0.15, 0.2) is 6.61 Å². The smallest absolute Gasteiger partial charge is 0.255 e. The molecule has 4 N–H and O–H groups in total. The number of carbonyl (C=O) groups excluding carboxylic acids is 2. The molecule has 0 aromatic heterocycles. The van der Waals surface area contributed by atoms with E-state index in [1.54, 1.807) is 24.3 Å². The average molecular weight is 316 g/mol. The molecule has 1 heterocycles. The van der Waals surface area contributed by atoms with E-state index in [4.69, 9.17) is 15.2 Å². The zero-order chi connectivity index (χ0) is 14.4. The number of hydrogen-bond acceptors (Lipinski definition) is 5. The van der Waals surface area contributed by atoms with Gasteiger partial charge in [-0.2, -0.15) is 0 Å². The molecule has 1 aromatic carbocycles. The molecule has 0 saturated carbocycles. The Balaban J connectivity index is 0.00000220. The topological polar surface area (TPSA) is 103 Å². The van der Waals surface area contributed by atoms with Gasteiger partial charge in [0.05, 0.1) is 13.2 Å². The molecular weight excluding hydrogens is 298 g/mol. The Morgan fingerprint density at radius 3 is 2.95 bits per heavy atom. The van der Waals surface area contributed by atoms with Crippen LogP contribution < -0.4 is 21.1 Å². The number of anilines is 1. The number of primary amides is 1. The second-order valence-electron chi connectivity index (χ2n) is 4.35. The number of rotatable bonds is 5. The quantitative estimate of drug-likeness (QED) is 0.704. The van der Waals surface area contributed by atoms with Crippen molar-refractivity contribution >= 4 is 29.9 Å². The van der Waals surface area contributed by atoms with Crippen LogP contribution in [0.5, 0.6) is 5.75 Å². The molecule has 2 amide bonds. The Hall–Kier alpha value is -1.83. The van der Waals surface area contributed by atoms with Gasteiger partial charge in [-0.3, -0.25) is 9.59 Å². The van der Waals surface area contributed by atoms with Gasteiger partial charge in [-0.25, -0.2) is 0 Å². The number of benzene rings is 1. The second-order valence-corrected chi connectivity index (χ2v) is 4.35. The Bertz CT molecular complexity index is 492. The van der Waals surface area contributed by atoms with Crippen molar-refractivity contribution in [1.29, 1.82) is 0 Å². The summed E-state index contributed by atoms with van der Waals surface area (Å²) >= 11 is 0. The highest BCUT2D eigenvalue weighted by Crippen LogP contribution is 2.17. The first kappa shape index (κ1) is 17.2. The molecule has 1 fully saturated rings. The predicted molar refractivity (Wildman–Crippen MR) is 79.6 cm³/mol. The Labute approximate surface area is 128 Å². The van der Waals surface area contributed by atoms with Crippen LogP contribution in [0.1, 0.15) is 0 Å². The maximum absolute atomic E-state index is 12.0. The molecule has 7 nitrogen and oxygen atoms in total. The summed E-state index contributed by atoms with van der Waals surface area (Å²) in [6.07, 6.45) is 0. The van der Waals surface area contributed by atoms with Gasteiger partial charge >= 0.3 is 0 Å². The first-order valence-electron chi connectivity index (χ1n) is 6.28. The van der Waals surface area contributed by atoms with E-state index in [1.165, 1.54) is 0 Å². The van der Waals surface area contributed by atoms with Gasteiger partial charge in [-0.1, -0.05) is 6.07 Å². The van der Waals surface area contributed by atoms with Crippen LogP contribution in [0, 0.1) is 0 Å². The van der Waals surface area contributed by atoms with Gasteiger partial charge in [0, 0.05) is 18.3 Å². The Kier molecular flexibility index (Phi) is 6.93. The van der Waals surface area contributed by atoms with Gasteiger partial charge < -0.3 is 25.8 Å². The third-order valence-corrected chi connectivity index (χ3v) is 2.72. The van der Waals surface area contributed by atoms with Crippen molar-refractivity contribution < 1.29 is 19.1 Å². The number of carbonyl (C=O) groups is 2. The van der Waals surface area contributed by atoms with E-state index in [9.17, 15) is 9.59 Å². The molecular formula is C13H18ClN3O4. The largest absolute Gasteiger partial charge is 0.484 e. The number of nitrogens with one attached hydrogen (secondary N) is 2. The van der Waals surface area contributed by atoms with Crippen LogP contribution in [0.15, 0.2) is 24.3 Å². The van der Waals surface area contributed by atoms with Crippen molar-refractivity contribution in [3.63, 3.8) is 0 Å². The SMILES string of the molecule is Cl.NC(=O)COc1cccc(NC(=O)C2COCCN2)c1. The molecule has 1 aromatic rings. The molecule has 1 aliphatic rings. The molecule has 1 unspecified atom stereocenters. The average Bonchev–Trinajstić information content (AvgIpc) is 2.46. The van der Waals surface area contributed by atoms with E-state index >= 15 is 0 Å². The first-order chi connectivity index (χ1) is 9.65. The van der Waals surface area contributed by atoms with Gasteiger partial charge in [0.1, 0.15) is 11.8 Å². The lowest BCUT2D eigenvalue weighted by Gasteiger charge is -2.22. The molecule has 1 saturated heterocycles. The van der Waals surface area contributed by atoms with Crippen molar-refractivity contribution in [1.82, 2.24) is 5.32 Å².